The highest BCUT2D eigenvalue weighted by Crippen LogP contribution is 2.21. The maximum atomic E-state index is 11.8. The number of carbonyl (C=O) groups excluding carboxylic acids is 1. The van der Waals surface area contributed by atoms with Crippen molar-refractivity contribution in [3.05, 3.63) is 34.3 Å². The van der Waals surface area contributed by atoms with E-state index in [0.29, 0.717) is 11.3 Å². The zero-order chi connectivity index (χ0) is 10.9. The molecule has 0 aliphatic rings. The lowest BCUT2D eigenvalue weighted by atomic mass is 10.0. The Morgan fingerprint density at radius 1 is 1.14 bits per heavy atom. The van der Waals surface area contributed by atoms with Crippen LogP contribution < -0.4 is 0 Å². The van der Waals surface area contributed by atoms with Gasteiger partial charge in [-0.15, -0.1) is 0 Å². The molecule has 0 saturated heterocycles. The summed E-state index contributed by atoms with van der Waals surface area (Å²) in [7, 11) is 0. The summed E-state index contributed by atoms with van der Waals surface area (Å²) in [5, 5.41) is 0. The van der Waals surface area contributed by atoms with E-state index in [0.717, 1.165) is 16.9 Å². The molecule has 2 nitrogen and oxygen atoms in total. The molecule has 0 aliphatic carbocycles. The summed E-state index contributed by atoms with van der Waals surface area (Å²) < 4.78 is 5.40. The first kappa shape index (κ1) is 10.8. The van der Waals surface area contributed by atoms with Crippen LogP contribution in [0.2, 0.25) is 0 Å². The van der Waals surface area contributed by atoms with Crippen LogP contribution >= 0.6 is 0 Å². The zero-order valence-corrected chi connectivity index (χ0v) is 9.39. The highest BCUT2D eigenvalue weighted by molar-refractivity contribution is 6.06. The van der Waals surface area contributed by atoms with Crippen LogP contribution in [0.5, 0.6) is 0 Å². The lowest BCUT2D eigenvalue weighted by Crippen LogP contribution is -1.98. The smallest absolute Gasteiger partial charge is 0.189 e. The van der Waals surface area contributed by atoms with Gasteiger partial charge in [-0.05, 0) is 40.7 Å². The van der Waals surface area contributed by atoms with Crippen LogP contribution in [0.3, 0.4) is 0 Å². The predicted molar refractivity (Wildman–Crippen MR) is 56.7 cm³/mol. The molecule has 0 atom stereocenters. The average Bonchev–Trinajstić information content (AvgIpc) is 2.25. The van der Waals surface area contributed by atoms with E-state index in [-0.39, 0.29) is 5.78 Å². The van der Waals surface area contributed by atoms with E-state index in [9.17, 15) is 4.79 Å². The number of aryl methyl sites for hydroxylation is 2. The second-order valence-electron chi connectivity index (χ2n) is 3.80. The third-order valence-electron chi connectivity index (χ3n) is 2.23. The molecule has 2 heteroatoms. The van der Waals surface area contributed by atoms with Crippen LogP contribution in [0.1, 0.15) is 41.3 Å². The molecule has 0 unspecified atom stereocenters. The number of carbonyl (C=O) groups is 1. The summed E-state index contributed by atoms with van der Waals surface area (Å²) >= 11 is 0. The van der Waals surface area contributed by atoms with Crippen LogP contribution in [-0.2, 0) is 0 Å². The molecule has 0 fully saturated rings. The molecule has 1 heterocycles. The molecule has 0 saturated carbocycles. The summed E-state index contributed by atoms with van der Waals surface area (Å²) in [6.45, 7) is 9.44. The third-order valence-corrected chi connectivity index (χ3v) is 2.23. The second-order valence-corrected chi connectivity index (χ2v) is 3.80. The first-order chi connectivity index (χ1) is 6.43. The molecule has 76 valence electrons. The average molecular weight is 192 g/mol. The minimum absolute atomic E-state index is 0.0388. The first-order valence-corrected chi connectivity index (χ1v) is 4.69. The fourth-order valence-electron chi connectivity index (χ4n) is 1.49. The summed E-state index contributed by atoms with van der Waals surface area (Å²) in [4.78, 5) is 11.8. The summed E-state index contributed by atoms with van der Waals surface area (Å²) in [6, 6.07) is 0. The van der Waals surface area contributed by atoms with Crippen molar-refractivity contribution in [1.82, 2.24) is 0 Å². The summed E-state index contributed by atoms with van der Waals surface area (Å²) in [5.74, 6) is 1.58. The SMILES string of the molecule is CC(C)=CC(=O)c1c(C)oc(C)c1C. The number of rotatable bonds is 2. The minimum Gasteiger partial charge on any atom is -0.466 e. The van der Waals surface area contributed by atoms with Crippen molar-refractivity contribution in [3.63, 3.8) is 0 Å². The van der Waals surface area contributed by atoms with Crippen LogP contribution in [0.15, 0.2) is 16.1 Å². The Morgan fingerprint density at radius 2 is 1.71 bits per heavy atom. The fraction of sp³-hybridized carbons (Fsp3) is 0.417. The lowest BCUT2D eigenvalue weighted by molar-refractivity contribution is 0.104. The Hall–Kier alpha value is -1.31. The Morgan fingerprint density at radius 3 is 2.07 bits per heavy atom. The third kappa shape index (κ3) is 1.95. The molecule has 14 heavy (non-hydrogen) atoms. The Balaban J connectivity index is 3.19. The summed E-state index contributed by atoms with van der Waals surface area (Å²) in [6.07, 6.45) is 1.64. The van der Waals surface area contributed by atoms with E-state index in [2.05, 4.69) is 0 Å². The van der Waals surface area contributed by atoms with E-state index >= 15 is 0 Å². The maximum absolute atomic E-state index is 11.8. The number of ketones is 1. The van der Waals surface area contributed by atoms with Crippen molar-refractivity contribution in [1.29, 1.82) is 0 Å². The Labute approximate surface area is 84.6 Å². The van der Waals surface area contributed by atoms with E-state index < -0.39 is 0 Å². The number of hydrogen-bond donors (Lipinski definition) is 0. The molecule has 0 spiro atoms. The Kier molecular flexibility index (Phi) is 2.94. The second kappa shape index (κ2) is 3.82. The lowest BCUT2D eigenvalue weighted by Gasteiger charge is -1.95. The molecule has 1 rings (SSSR count). The quantitative estimate of drug-likeness (QED) is 0.531. The standard InChI is InChI=1S/C12H16O2/c1-7(2)6-11(13)12-8(3)9(4)14-10(12)5/h6H,1-5H3. The van der Waals surface area contributed by atoms with Gasteiger partial charge >= 0.3 is 0 Å². The first-order valence-electron chi connectivity index (χ1n) is 4.69. The monoisotopic (exact) mass is 192 g/mol. The van der Waals surface area contributed by atoms with E-state index in [1.807, 2.05) is 34.6 Å². The molecule has 0 N–H and O–H groups in total. The molecule has 0 amide bonds. The molecule has 1 aromatic rings. The van der Waals surface area contributed by atoms with Gasteiger partial charge in [0.1, 0.15) is 11.5 Å². The molecule has 0 aliphatic heterocycles. The van der Waals surface area contributed by atoms with E-state index in [1.165, 1.54) is 0 Å². The highest BCUT2D eigenvalue weighted by atomic mass is 16.3. The van der Waals surface area contributed by atoms with E-state index in [4.69, 9.17) is 4.42 Å². The van der Waals surface area contributed by atoms with Crippen molar-refractivity contribution in [2.24, 2.45) is 0 Å². The van der Waals surface area contributed by atoms with Gasteiger partial charge in [-0.2, -0.15) is 0 Å². The van der Waals surface area contributed by atoms with Crippen molar-refractivity contribution in [2.75, 3.05) is 0 Å². The number of allylic oxidation sites excluding steroid dienone is 2. The predicted octanol–water partition coefficient (Wildman–Crippen LogP) is 3.35. The molecule has 0 radical (unpaired) electrons. The van der Waals surface area contributed by atoms with Gasteiger partial charge in [0.25, 0.3) is 0 Å². The van der Waals surface area contributed by atoms with E-state index in [1.54, 1.807) is 6.08 Å². The largest absolute Gasteiger partial charge is 0.466 e. The van der Waals surface area contributed by atoms with Crippen LogP contribution in [0.25, 0.3) is 0 Å². The van der Waals surface area contributed by atoms with Gasteiger partial charge in [0, 0.05) is 5.56 Å². The highest BCUT2D eigenvalue weighted by Gasteiger charge is 2.16. The molecule has 0 aromatic carbocycles. The molecular weight excluding hydrogens is 176 g/mol. The molecule has 0 bridgehead atoms. The topological polar surface area (TPSA) is 30.2 Å². The van der Waals surface area contributed by atoms with Crippen LogP contribution in [0, 0.1) is 20.8 Å². The van der Waals surface area contributed by atoms with Gasteiger partial charge in [-0.1, -0.05) is 5.57 Å². The normalized spacial score (nSPS) is 10.1. The van der Waals surface area contributed by atoms with Crippen molar-refractivity contribution in [3.8, 4) is 0 Å². The van der Waals surface area contributed by atoms with Crippen molar-refractivity contribution >= 4 is 5.78 Å². The zero-order valence-electron chi connectivity index (χ0n) is 9.39. The van der Waals surface area contributed by atoms with Crippen LogP contribution in [0.4, 0.5) is 0 Å². The minimum atomic E-state index is 0.0388. The fourth-order valence-corrected chi connectivity index (χ4v) is 1.49. The summed E-state index contributed by atoms with van der Waals surface area (Å²) in [5.41, 5.74) is 2.67. The van der Waals surface area contributed by atoms with Gasteiger partial charge in [0.15, 0.2) is 5.78 Å². The number of hydrogen-bond acceptors (Lipinski definition) is 2. The molecule has 1 aromatic heterocycles. The number of furan rings is 1. The van der Waals surface area contributed by atoms with Crippen molar-refractivity contribution < 1.29 is 9.21 Å². The van der Waals surface area contributed by atoms with Crippen molar-refractivity contribution in [2.45, 2.75) is 34.6 Å². The maximum Gasteiger partial charge on any atom is 0.189 e. The molecular formula is C12H16O2. The van der Waals surface area contributed by atoms with Gasteiger partial charge in [-0.3, -0.25) is 4.79 Å². The van der Waals surface area contributed by atoms with Gasteiger partial charge in [0.2, 0.25) is 0 Å². The van der Waals surface area contributed by atoms with Crippen LogP contribution in [-0.4, -0.2) is 5.78 Å². The van der Waals surface area contributed by atoms with Gasteiger partial charge in [-0.25, -0.2) is 0 Å². The van der Waals surface area contributed by atoms with Gasteiger partial charge < -0.3 is 4.42 Å². The van der Waals surface area contributed by atoms with Gasteiger partial charge in [0.05, 0.1) is 5.56 Å². The Bertz CT molecular complexity index is 391.